The summed E-state index contributed by atoms with van der Waals surface area (Å²) in [7, 11) is 0. The predicted molar refractivity (Wildman–Crippen MR) is 51.0 cm³/mol. The summed E-state index contributed by atoms with van der Waals surface area (Å²) >= 11 is 1.67. The Hall–Kier alpha value is -0.410. The molecule has 0 radical (unpaired) electrons. The van der Waals surface area contributed by atoms with Crippen LogP contribution in [0, 0.1) is 5.92 Å². The highest BCUT2D eigenvalue weighted by atomic mass is 32.1. The third-order valence-electron chi connectivity index (χ3n) is 2.40. The van der Waals surface area contributed by atoms with Gasteiger partial charge in [0.05, 0.1) is 5.51 Å². The number of nitrogens with zero attached hydrogens (tertiary/aromatic N) is 1. The second kappa shape index (κ2) is 3.54. The zero-order chi connectivity index (χ0) is 8.39. The van der Waals surface area contributed by atoms with Crippen LogP contribution in [0.4, 0.5) is 0 Å². The van der Waals surface area contributed by atoms with Gasteiger partial charge >= 0.3 is 0 Å². The maximum absolute atomic E-state index is 5.99. The fourth-order valence-electron chi connectivity index (χ4n) is 1.37. The first kappa shape index (κ1) is 8.20. The summed E-state index contributed by atoms with van der Waals surface area (Å²) in [6, 6.07) is 0.234. The Morgan fingerprint density at radius 2 is 2.50 bits per heavy atom. The van der Waals surface area contributed by atoms with Gasteiger partial charge in [-0.3, -0.25) is 4.98 Å². The quantitative estimate of drug-likeness (QED) is 0.776. The van der Waals surface area contributed by atoms with Gasteiger partial charge in [-0.2, -0.15) is 0 Å². The summed E-state index contributed by atoms with van der Waals surface area (Å²) in [4.78, 5) is 5.26. The number of thiazole rings is 1. The SMILES string of the molecule is NC(CCC1CC1)c1cncs1. The van der Waals surface area contributed by atoms with Crippen molar-refractivity contribution in [2.45, 2.75) is 31.7 Å². The summed E-state index contributed by atoms with van der Waals surface area (Å²) < 4.78 is 0. The van der Waals surface area contributed by atoms with Crippen LogP contribution in [-0.2, 0) is 0 Å². The highest BCUT2D eigenvalue weighted by Gasteiger charge is 2.22. The molecule has 1 fully saturated rings. The normalized spacial score (nSPS) is 19.4. The lowest BCUT2D eigenvalue weighted by molar-refractivity contribution is 0.581. The van der Waals surface area contributed by atoms with E-state index in [4.69, 9.17) is 5.73 Å². The van der Waals surface area contributed by atoms with Crippen molar-refractivity contribution in [1.82, 2.24) is 4.98 Å². The third-order valence-corrected chi connectivity index (χ3v) is 3.31. The van der Waals surface area contributed by atoms with Gasteiger partial charge in [0.15, 0.2) is 0 Å². The Kier molecular flexibility index (Phi) is 2.42. The lowest BCUT2D eigenvalue weighted by Crippen LogP contribution is -2.08. The van der Waals surface area contributed by atoms with E-state index in [1.54, 1.807) is 11.3 Å². The van der Waals surface area contributed by atoms with Crippen molar-refractivity contribution in [3.05, 3.63) is 16.6 Å². The Morgan fingerprint density at radius 3 is 3.08 bits per heavy atom. The van der Waals surface area contributed by atoms with Crippen molar-refractivity contribution in [2.24, 2.45) is 11.7 Å². The van der Waals surface area contributed by atoms with Crippen LogP contribution in [0.15, 0.2) is 11.7 Å². The second-order valence-corrected chi connectivity index (χ2v) is 4.45. The Morgan fingerprint density at radius 1 is 1.67 bits per heavy atom. The molecule has 1 saturated carbocycles. The first-order valence-electron chi connectivity index (χ1n) is 4.50. The van der Waals surface area contributed by atoms with Gasteiger partial charge in [-0.05, 0) is 18.8 Å². The van der Waals surface area contributed by atoms with Gasteiger partial charge < -0.3 is 5.73 Å². The average Bonchev–Trinajstić information content (AvgIpc) is 2.74. The van der Waals surface area contributed by atoms with E-state index >= 15 is 0 Å². The van der Waals surface area contributed by atoms with E-state index in [1.807, 2.05) is 11.7 Å². The number of hydrogen-bond acceptors (Lipinski definition) is 3. The smallest absolute Gasteiger partial charge is 0.0794 e. The molecule has 0 spiro atoms. The number of nitrogens with two attached hydrogens (primary N) is 1. The van der Waals surface area contributed by atoms with E-state index in [9.17, 15) is 0 Å². The molecule has 1 aromatic rings. The van der Waals surface area contributed by atoms with Gasteiger partial charge in [0.1, 0.15) is 0 Å². The molecule has 0 aromatic carbocycles. The van der Waals surface area contributed by atoms with Crippen molar-refractivity contribution >= 4 is 11.3 Å². The van der Waals surface area contributed by atoms with Crippen molar-refractivity contribution in [3.8, 4) is 0 Å². The molecular formula is C9H14N2S. The molecule has 1 heterocycles. The summed E-state index contributed by atoms with van der Waals surface area (Å²) in [6.07, 6.45) is 7.18. The lowest BCUT2D eigenvalue weighted by Gasteiger charge is -2.07. The third kappa shape index (κ3) is 2.05. The van der Waals surface area contributed by atoms with Crippen LogP contribution < -0.4 is 5.73 Å². The van der Waals surface area contributed by atoms with E-state index in [-0.39, 0.29) is 6.04 Å². The summed E-state index contributed by atoms with van der Waals surface area (Å²) in [6.45, 7) is 0. The second-order valence-electron chi connectivity index (χ2n) is 3.53. The summed E-state index contributed by atoms with van der Waals surface area (Å²) in [5.41, 5.74) is 7.84. The molecule has 0 amide bonds. The zero-order valence-corrected chi connectivity index (χ0v) is 7.89. The minimum atomic E-state index is 0.234. The van der Waals surface area contributed by atoms with Crippen LogP contribution in [0.25, 0.3) is 0 Å². The van der Waals surface area contributed by atoms with E-state index < -0.39 is 0 Å². The fourth-order valence-corrected chi connectivity index (χ4v) is 2.03. The molecule has 1 aliphatic rings. The van der Waals surface area contributed by atoms with E-state index in [0.717, 1.165) is 12.3 Å². The minimum absolute atomic E-state index is 0.234. The molecule has 66 valence electrons. The van der Waals surface area contributed by atoms with E-state index in [1.165, 1.54) is 24.1 Å². The Labute approximate surface area is 76.8 Å². The molecule has 0 saturated heterocycles. The van der Waals surface area contributed by atoms with Crippen LogP contribution in [0.1, 0.15) is 36.6 Å². The molecule has 1 aromatic heterocycles. The minimum Gasteiger partial charge on any atom is -0.323 e. The summed E-state index contributed by atoms with van der Waals surface area (Å²) in [5.74, 6) is 0.990. The van der Waals surface area contributed by atoms with Crippen LogP contribution in [0.5, 0.6) is 0 Å². The molecule has 1 aliphatic carbocycles. The Bertz CT molecular complexity index is 229. The van der Waals surface area contributed by atoms with Gasteiger partial charge in [-0.15, -0.1) is 11.3 Å². The molecule has 2 N–H and O–H groups in total. The first-order chi connectivity index (χ1) is 5.86. The number of hydrogen-bond donors (Lipinski definition) is 1. The molecule has 3 heteroatoms. The molecule has 1 atom stereocenters. The molecule has 0 bridgehead atoms. The van der Waals surface area contributed by atoms with Crippen molar-refractivity contribution in [2.75, 3.05) is 0 Å². The largest absolute Gasteiger partial charge is 0.323 e. The standard InChI is InChI=1S/C9H14N2S/c10-8(4-3-7-1-2-7)9-5-11-6-12-9/h5-8H,1-4,10H2. The van der Waals surface area contributed by atoms with Gasteiger partial charge in [0.25, 0.3) is 0 Å². The summed E-state index contributed by atoms with van der Waals surface area (Å²) in [5, 5.41) is 0. The van der Waals surface area contributed by atoms with Crippen molar-refractivity contribution < 1.29 is 0 Å². The zero-order valence-electron chi connectivity index (χ0n) is 7.07. The Balaban J connectivity index is 1.79. The number of rotatable bonds is 4. The molecular weight excluding hydrogens is 168 g/mol. The maximum atomic E-state index is 5.99. The van der Waals surface area contributed by atoms with E-state index in [2.05, 4.69) is 4.98 Å². The average molecular weight is 182 g/mol. The first-order valence-corrected chi connectivity index (χ1v) is 5.38. The van der Waals surface area contributed by atoms with E-state index in [0.29, 0.717) is 0 Å². The van der Waals surface area contributed by atoms with Crippen LogP contribution >= 0.6 is 11.3 Å². The van der Waals surface area contributed by atoms with Gasteiger partial charge in [0, 0.05) is 17.1 Å². The van der Waals surface area contributed by atoms with Gasteiger partial charge in [0.2, 0.25) is 0 Å². The molecule has 2 nitrogen and oxygen atoms in total. The predicted octanol–water partition coefficient (Wildman–Crippen LogP) is 2.33. The van der Waals surface area contributed by atoms with Crippen LogP contribution in [0.2, 0.25) is 0 Å². The molecule has 12 heavy (non-hydrogen) atoms. The van der Waals surface area contributed by atoms with Gasteiger partial charge in [-0.25, -0.2) is 0 Å². The maximum Gasteiger partial charge on any atom is 0.0794 e. The number of aromatic nitrogens is 1. The topological polar surface area (TPSA) is 38.9 Å². The monoisotopic (exact) mass is 182 g/mol. The highest BCUT2D eigenvalue weighted by Crippen LogP contribution is 2.35. The lowest BCUT2D eigenvalue weighted by atomic mass is 10.1. The molecule has 0 aliphatic heterocycles. The fraction of sp³-hybridized carbons (Fsp3) is 0.667. The van der Waals surface area contributed by atoms with Crippen molar-refractivity contribution in [1.29, 1.82) is 0 Å². The van der Waals surface area contributed by atoms with Gasteiger partial charge in [-0.1, -0.05) is 12.8 Å². The molecule has 1 unspecified atom stereocenters. The van der Waals surface area contributed by atoms with Crippen molar-refractivity contribution in [3.63, 3.8) is 0 Å². The molecule has 2 rings (SSSR count). The van der Waals surface area contributed by atoms with Crippen LogP contribution in [0.3, 0.4) is 0 Å². The van der Waals surface area contributed by atoms with Crippen LogP contribution in [-0.4, -0.2) is 4.98 Å². The highest BCUT2D eigenvalue weighted by molar-refractivity contribution is 7.09.